The highest BCUT2D eigenvalue weighted by atomic mass is 35.5. The number of nitrogens with one attached hydrogen (secondary N) is 1. The molecule has 6 heteroatoms. The Kier molecular flexibility index (Phi) is 6.95. The monoisotopic (exact) mass is 425 g/mol. The molecule has 156 valence electrons. The molecule has 1 aromatic heterocycles. The molecule has 1 amide bonds. The Balaban J connectivity index is 1.68. The van der Waals surface area contributed by atoms with Crippen LogP contribution in [0.4, 0.5) is 0 Å². The van der Waals surface area contributed by atoms with Gasteiger partial charge in [-0.1, -0.05) is 30.3 Å². The number of ether oxygens (including phenoxy) is 1. The molecule has 1 N–H and O–H groups in total. The fourth-order valence-corrected chi connectivity index (χ4v) is 3.22. The normalized spacial score (nSPS) is 10.8. The SMILES string of the molecule is C=C(C)COc1ccc2c(C)c(CC(=O)NCCc3ccc(Cl)cc3)c(=O)oc2c1. The molecule has 5 nitrogen and oxygen atoms in total. The zero-order valence-electron chi connectivity index (χ0n) is 17.1. The van der Waals surface area contributed by atoms with Gasteiger partial charge in [0.25, 0.3) is 0 Å². The second-order valence-electron chi connectivity index (χ2n) is 7.30. The highest BCUT2D eigenvalue weighted by molar-refractivity contribution is 6.30. The quantitative estimate of drug-likeness (QED) is 0.422. The van der Waals surface area contributed by atoms with Crippen LogP contribution in [0.25, 0.3) is 11.0 Å². The molecule has 0 spiro atoms. The van der Waals surface area contributed by atoms with Crippen LogP contribution in [-0.4, -0.2) is 19.1 Å². The lowest BCUT2D eigenvalue weighted by atomic mass is 10.0. The maximum Gasteiger partial charge on any atom is 0.340 e. The summed E-state index contributed by atoms with van der Waals surface area (Å²) in [6.07, 6.45) is 0.653. The van der Waals surface area contributed by atoms with Crippen molar-refractivity contribution in [1.82, 2.24) is 5.32 Å². The van der Waals surface area contributed by atoms with Crippen molar-refractivity contribution in [3.63, 3.8) is 0 Å². The summed E-state index contributed by atoms with van der Waals surface area (Å²) in [4.78, 5) is 24.8. The molecule has 0 atom stereocenters. The maximum absolute atomic E-state index is 12.5. The molecule has 3 aromatic rings. The Morgan fingerprint density at radius 2 is 1.93 bits per heavy atom. The van der Waals surface area contributed by atoms with E-state index in [2.05, 4.69) is 11.9 Å². The highest BCUT2D eigenvalue weighted by Crippen LogP contribution is 2.24. The van der Waals surface area contributed by atoms with Gasteiger partial charge in [-0.25, -0.2) is 4.79 Å². The topological polar surface area (TPSA) is 68.5 Å². The summed E-state index contributed by atoms with van der Waals surface area (Å²) in [7, 11) is 0. The van der Waals surface area contributed by atoms with Gasteiger partial charge in [0.1, 0.15) is 17.9 Å². The third-order valence-electron chi connectivity index (χ3n) is 4.73. The van der Waals surface area contributed by atoms with Crippen LogP contribution in [0.15, 0.2) is 63.8 Å². The smallest absolute Gasteiger partial charge is 0.340 e. The van der Waals surface area contributed by atoms with Crippen molar-refractivity contribution >= 4 is 28.5 Å². The Morgan fingerprint density at radius 3 is 2.63 bits per heavy atom. The standard InChI is InChI=1S/C24H24ClNO4/c1-15(2)14-29-19-8-9-20-16(3)21(24(28)30-22(20)12-19)13-23(27)26-11-10-17-4-6-18(25)7-5-17/h4-9,12H,1,10-11,13-14H2,2-3H3,(H,26,27). The van der Waals surface area contributed by atoms with Crippen LogP contribution in [0.5, 0.6) is 5.75 Å². The van der Waals surface area contributed by atoms with E-state index in [0.29, 0.717) is 41.5 Å². The number of halogens is 1. The van der Waals surface area contributed by atoms with Crippen molar-refractivity contribution in [3.8, 4) is 5.75 Å². The van der Waals surface area contributed by atoms with Gasteiger partial charge in [-0.2, -0.15) is 0 Å². The van der Waals surface area contributed by atoms with Gasteiger partial charge in [-0.15, -0.1) is 0 Å². The van der Waals surface area contributed by atoms with E-state index < -0.39 is 5.63 Å². The Morgan fingerprint density at radius 1 is 1.20 bits per heavy atom. The Hall–Kier alpha value is -3.05. The number of aryl methyl sites for hydroxylation is 1. The summed E-state index contributed by atoms with van der Waals surface area (Å²) in [5.74, 6) is 0.376. The number of carbonyl (C=O) groups excluding carboxylic acids is 1. The minimum atomic E-state index is -0.509. The van der Waals surface area contributed by atoms with Gasteiger partial charge in [0, 0.05) is 23.0 Å². The molecule has 0 saturated carbocycles. The molecule has 0 bridgehead atoms. The van der Waals surface area contributed by atoms with E-state index in [1.807, 2.05) is 50.2 Å². The van der Waals surface area contributed by atoms with E-state index in [9.17, 15) is 9.59 Å². The maximum atomic E-state index is 12.5. The average molecular weight is 426 g/mol. The van der Waals surface area contributed by atoms with Gasteiger partial charge in [0.05, 0.1) is 12.0 Å². The predicted molar refractivity (Wildman–Crippen MR) is 119 cm³/mol. The van der Waals surface area contributed by atoms with Crippen LogP contribution in [0, 0.1) is 6.92 Å². The number of hydrogen-bond acceptors (Lipinski definition) is 4. The van der Waals surface area contributed by atoms with Gasteiger partial charge >= 0.3 is 5.63 Å². The molecular formula is C24H24ClNO4. The van der Waals surface area contributed by atoms with Crippen molar-refractivity contribution < 1.29 is 13.9 Å². The number of carbonyl (C=O) groups is 1. The first-order chi connectivity index (χ1) is 14.3. The van der Waals surface area contributed by atoms with Crippen molar-refractivity contribution in [2.45, 2.75) is 26.7 Å². The van der Waals surface area contributed by atoms with Gasteiger partial charge in [0.15, 0.2) is 0 Å². The van der Waals surface area contributed by atoms with Crippen LogP contribution < -0.4 is 15.7 Å². The summed E-state index contributed by atoms with van der Waals surface area (Å²) >= 11 is 5.88. The Bertz CT molecular complexity index is 1130. The van der Waals surface area contributed by atoms with Gasteiger partial charge in [-0.3, -0.25) is 4.79 Å². The van der Waals surface area contributed by atoms with Crippen molar-refractivity contribution in [1.29, 1.82) is 0 Å². The van der Waals surface area contributed by atoms with Crippen molar-refractivity contribution in [2.24, 2.45) is 0 Å². The van der Waals surface area contributed by atoms with Gasteiger partial charge in [-0.05, 0) is 61.2 Å². The summed E-state index contributed by atoms with van der Waals surface area (Å²) in [5, 5.41) is 4.31. The third kappa shape index (κ3) is 5.51. The molecular weight excluding hydrogens is 402 g/mol. The summed E-state index contributed by atoms with van der Waals surface area (Å²) in [5.41, 5.74) is 2.99. The molecule has 30 heavy (non-hydrogen) atoms. The molecule has 0 aliphatic heterocycles. The third-order valence-corrected chi connectivity index (χ3v) is 4.98. The molecule has 1 heterocycles. The zero-order chi connectivity index (χ0) is 21.7. The van der Waals surface area contributed by atoms with E-state index in [1.165, 1.54) is 0 Å². The lowest BCUT2D eigenvalue weighted by Gasteiger charge is -2.10. The van der Waals surface area contributed by atoms with Crippen LogP contribution in [0.2, 0.25) is 5.02 Å². The first-order valence-electron chi connectivity index (χ1n) is 9.68. The van der Waals surface area contributed by atoms with Crippen molar-refractivity contribution in [3.05, 3.63) is 86.7 Å². The lowest BCUT2D eigenvalue weighted by Crippen LogP contribution is -2.29. The summed E-state index contributed by atoms with van der Waals surface area (Å²) < 4.78 is 11.1. The van der Waals surface area contributed by atoms with E-state index in [4.69, 9.17) is 20.8 Å². The number of benzene rings is 2. The van der Waals surface area contributed by atoms with E-state index in [1.54, 1.807) is 6.07 Å². The zero-order valence-corrected chi connectivity index (χ0v) is 17.8. The van der Waals surface area contributed by atoms with E-state index in [0.717, 1.165) is 22.1 Å². The average Bonchev–Trinajstić information content (AvgIpc) is 2.71. The van der Waals surface area contributed by atoms with Crippen LogP contribution in [0.1, 0.15) is 23.6 Å². The second kappa shape index (κ2) is 9.63. The minimum Gasteiger partial charge on any atom is -0.489 e. The molecule has 0 aliphatic carbocycles. The molecule has 2 aromatic carbocycles. The van der Waals surface area contributed by atoms with Crippen LogP contribution in [-0.2, 0) is 17.6 Å². The molecule has 0 fully saturated rings. The molecule has 0 aliphatic rings. The molecule has 0 saturated heterocycles. The number of fused-ring (bicyclic) bond motifs is 1. The summed E-state index contributed by atoms with van der Waals surface area (Å²) in [6, 6.07) is 12.8. The fourth-order valence-electron chi connectivity index (χ4n) is 3.10. The van der Waals surface area contributed by atoms with Gasteiger partial charge in [0.2, 0.25) is 5.91 Å². The van der Waals surface area contributed by atoms with Crippen LogP contribution >= 0.6 is 11.6 Å². The predicted octanol–water partition coefficient (Wildman–Crippen LogP) is 4.61. The largest absolute Gasteiger partial charge is 0.489 e. The van der Waals surface area contributed by atoms with Crippen molar-refractivity contribution in [2.75, 3.05) is 13.2 Å². The number of amides is 1. The molecule has 0 unspecified atom stereocenters. The van der Waals surface area contributed by atoms with Crippen LogP contribution in [0.3, 0.4) is 0 Å². The van der Waals surface area contributed by atoms with E-state index in [-0.39, 0.29) is 12.3 Å². The number of hydrogen-bond donors (Lipinski definition) is 1. The van der Waals surface area contributed by atoms with Gasteiger partial charge < -0.3 is 14.5 Å². The first-order valence-corrected chi connectivity index (χ1v) is 10.1. The molecule has 0 radical (unpaired) electrons. The second-order valence-corrected chi connectivity index (χ2v) is 7.74. The first kappa shape index (κ1) is 21.7. The Labute approximate surface area is 180 Å². The summed E-state index contributed by atoms with van der Waals surface area (Å²) in [6.45, 7) is 8.36. The fraction of sp³-hybridized carbons (Fsp3) is 0.250. The molecule has 3 rings (SSSR count). The van der Waals surface area contributed by atoms with E-state index >= 15 is 0 Å². The number of rotatable bonds is 8. The lowest BCUT2D eigenvalue weighted by molar-refractivity contribution is -0.120. The highest BCUT2D eigenvalue weighted by Gasteiger charge is 2.15. The minimum absolute atomic E-state index is 0.0291.